The Morgan fingerprint density at radius 2 is 1.81 bits per heavy atom. The first-order chi connectivity index (χ1) is 10.2. The van der Waals surface area contributed by atoms with Crippen LogP contribution in [0.25, 0.3) is 21.6 Å². The van der Waals surface area contributed by atoms with Crippen LogP contribution in [0.3, 0.4) is 0 Å². The zero-order chi connectivity index (χ0) is 14.4. The standard InChI is InChI=1S/C14H8Cl2N2O2S/c15-8-1-4-21-12(8)14-17-9-6-11-10(19-2-3-20-11)5-7(9)13(16)18-14/h1,4-6H,2-3H2. The van der Waals surface area contributed by atoms with Crippen molar-refractivity contribution in [1.82, 2.24) is 9.97 Å². The predicted molar refractivity (Wildman–Crippen MR) is 83.9 cm³/mol. The molecule has 0 fully saturated rings. The summed E-state index contributed by atoms with van der Waals surface area (Å²) < 4.78 is 11.1. The summed E-state index contributed by atoms with van der Waals surface area (Å²) in [4.78, 5) is 9.68. The molecule has 7 heteroatoms. The van der Waals surface area contributed by atoms with Crippen LogP contribution in [-0.2, 0) is 0 Å². The SMILES string of the molecule is Clc1ccsc1-c1nc(Cl)c2cc3c(cc2n1)OCCO3. The van der Waals surface area contributed by atoms with Crippen LogP contribution in [0.2, 0.25) is 10.2 Å². The molecule has 0 atom stereocenters. The highest BCUT2D eigenvalue weighted by molar-refractivity contribution is 7.14. The van der Waals surface area contributed by atoms with Gasteiger partial charge in [-0.1, -0.05) is 23.2 Å². The zero-order valence-corrected chi connectivity index (χ0v) is 12.9. The van der Waals surface area contributed by atoms with Crippen LogP contribution < -0.4 is 9.47 Å². The maximum Gasteiger partial charge on any atom is 0.173 e. The third-order valence-corrected chi connectivity index (χ3v) is 4.76. The molecular weight excluding hydrogens is 331 g/mol. The fraction of sp³-hybridized carbons (Fsp3) is 0.143. The average Bonchev–Trinajstić information content (AvgIpc) is 2.91. The molecule has 3 heterocycles. The molecule has 1 aromatic carbocycles. The molecule has 0 aliphatic carbocycles. The number of aromatic nitrogens is 2. The van der Waals surface area contributed by atoms with Gasteiger partial charge in [-0.15, -0.1) is 11.3 Å². The lowest BCUT2D eigenvalue weighted by atomic mass is 10.2. The van der Waals surface area contributed by atoms with Crippen LogP contribution in [0.1, 0.15) is 0 Å². The first kappa shape index (κ1) is 13.1. The van der Waals surface area contributed by atoms with Crippen molar-refractivity contribution in [3.8, 4) is 22.2 Å². The second-order valence-corrected chi connectivity index (χ2v) is 6.13. The molecule has 2 aromatic heterocycles. The molecular formula is C14H8Cl2N2O2S. The minimum atomic E-state index is 0.372. The van der Waals surface area contributed by atoms with Crippen LogP contribution in [0.5, 0.6) is 11.5 Å². The number of hydrogen-bond acceptors (Lipinski definition) is 5. The molecule has 0 unspecified atom stereocenters. The van der Waals surface area contributed by atoms with Gasteiger partial charge in [-0.2, -0.15) is 0 Å². The van der Waals surface area contributed by atoms with E-state index < -0.39 is 0 Å². The predicted octanol–water partition coefficient (Wildman–Crippen LogP) is 4.44. The summed E-state index contributed by atoms with van der Waals surface area (Å²) in [6.07, 6.45) is 0. The fourth-order valence-corrected chi connectivity index (χ4v) is 3.49. The molecule has 4 rings (SSSR count). The van der Waals surface area contributed by atoms with Gasteiger partial charge in [0, 0.05) is 11.5 Å². The third kappa shape index (κ3) is 2.21. The van der Waals surface area contributed by atoms with Crippen molar-refractivity contribution in [3.63, 3.8) is 0 Å². The van der Waals surface area contributed by atoms with Gasteiger partial charge in [0.05, 0.1) is 15.4 Å². The molecule has 0 radical (unpaired) electrons. The zero-order valence-electron chi connectivity index (χ0n) is 10.6. The van der Waals surface area contributed by atoms with E-state index in [2.05, 4.69) is 9.97 Å². The highest BCUT2D eigenvalue weighted by Crippen LogP contribution is 2.38. The molecule has 1 aliphatic heterocycles. The summed E-state index contributed by atoms with van der Waals surface area (Å²) in [6.45, 7) is 1.06. The topological polar surface area (TPSA) is 44.2 Å². The van der Waals surface area contributed by atoms with E-state index in [0.29, 0.717) is 46.2 Å². The van der Waals surface area contributed by atoms with E-state index in [1.807, 2.05) is 23.6 Å². The van der Waals surface area contributed by atoms with Crippen LogP contribution in [0.15, 0.2) is 23.6 Å². The summed E-state index contributed by atoms with van der Waals surface area (Å²) in [7, 11) is 0. The highest BCUT2D eigenvalue weighted by Gasteiger charge is 2.17. The van der Waals surface area contributed by atoms with Gasteiger partial charge in [-0.3, -0.25) is 0 Å². The maximum atomic E-state index is 6.29. The molecule has 0 bridgehead atoms. The van der Waals surface area contributed by atoms with E-state index in [9.17, 15) is 0 Å². The Bertz CT molecular complexity index is 850. The molecule has 0 saturated heterocycles. The summed E-state index contributed by atoms with van der Waals surface area (Å²) in [6, 6.07) is 5.45. The van der Waals surface area contributed by atoms with Gasteiger partial charge in [0.15, 0.2) is 17.3 Å². The van der Waals surface area contributed by atoms with Crippen LogP contribution in [0, 0.1) is 0 Å². The van der Waals surface area contributed by atoms with Gasteiger partial charge in [-0.05, 0) is 17.5 Å². The van der Waals surface area contributed by atoms with Crippen molar-refractivity contribution in [2.24, 2.45) is 0 Å². The Labute approximate surface area is 134 Å². The second kappa shape index (κ2) is 5.02. The van der Waals surface area contributed by atoms with E-state index in [-0.39, 0.29) is 0 Å². The molecule has 0 saturated carbocycles. The lowest BCUT2D eigenvalue weighted by molar-refractivity contribution is 0.172. The molecule has 3 aromatic rings. The normalized spacial score (nSPS) is 13.6. The number of hydrogen-bond donors (Lipinski definition) is 0. The van der Waals surface area contributed by atoms with Crippen molar-refractivity contribution in [2.45, 2.75) is 0 Å². The first-order valence-corrected chi connectivity index (χ1v) is 7.86. The second-order valence-electron chi connectivity index (χ2n) is 4.45. The summed E-state index contributed by atoms with van der Waals surface area (Å²) in [5.74, 6) is 1.86. The number of halogens is 2. The fourth-order valence-electron chi connectivity index (χ4n) is 2.18. The number of ether oxygens (including phenoxy) is 2. The van der Waals surface area contributed by atoms with Crippen molar-refractivity contribution in [2.75, 3.05) is 13.2 Å². The molecule has 21 heavy (non-hydrogen) atoms. The lowest BCUT2D eigenvalue weighted by Crippen LogP contribution is -2.15. The van der Waals surface area contributed by atoms with Crippen molar-refractivity contribution < 1.29 is 9.47 Å². The smallest absolute Gasteiger partial charge is 0.173 e. The van der Waals surface area contributed by atoms with Gasteiger partial charge in [0.25, 0.3) is 0 Å². The van der Waals surface area contributed by atoms with Gasteiger partial charge in [-0.25, -0.2) is 9.97 Å². The summed E-state index contributed by atoms with van der Waals surface area (Å²) in [5.41, 5.74) is 0.707. The maximum absolute atomic E-state index is 6.29. The lowest BCUT2D eigenvalue weighted by Gasteiger charge is -2.18. The van der Waals surface area contributed by atoms with E-state index in [1.54, 1.807) is 0 Å². The van der Waals surface area contributed by atoms with E-state index >= 15 is 0 Å². The largest absolute Gasteiger partial charge is 0.486 e. The van der Waals surface area contributed by atoms with Gasteiger partial charge < -0.3 is 9.47 Å². The number of nitrogens with zero attached hydrogens (tertiary/aromatic N) is 2. The minimum Gasteiger partial charge on any atom is -0.486 e. The van der Waals surface area contributed by atoms with Gasteiger partial charge in [0.2, 0.25) is 0 Å². The van der Waals surface area contributed by atoms with Crippen LogP contribution in [-0.4, -0.2) is 23.2 Å². The van der Waals surface area contributed by atoms with E-state index in [0.717, 1.165) is 10.3 Å². The van der Waals surface area contributed by atoms with E-state index in [1.165, 1.54) is 11.3 Å². The quantitative estimate of drug-likeness (QED) is 0.615. The van der Waals surface area contributed by atoms with Gasteiger partial charge >= 0.3 is 0 Å². The van der Waals surface area contributed by atoms with Crippen molar-refractivity contribution in [1.29, 1.82) is 0 Å². The number of benzene rings is 1. The summed E-state index contributed by atoms with van der Waals surface area (Å²) in [5, 5.41) is 3.62. The molecule has 106 valence electrons. The molecule has 1 aliphatic rings. The minimum absolute atomic E-state index is 0.372. The average molecular weight is 339 g/mol. The number of rotatable bonds is 1. The molecule has 0 amide bonds. The third-order valence-electron chi connectivity index (χ3n) is 3.13. The molecule has 4 nitrogen and oxygen atoms in total. The Morgan fingerprint density at radius 3 is 2.52 bits per heavy atom. The van der Waals surface area contributed by atoms with Crippen LogP contribution >= 0.6 is 34.5 Å². The van der Waals surface area contributed by atoms with Crippen molar-refractivity contribution in [3.05, 3.63) is 33.8 Å². The number of fused-ring (bicyclic) bond motifs is 2. The molecule has 0 spiro atoms. The van der Waals surface area contributed by atoms with Crippen LogP contribution in [0.4, 0.5) is 0 Å². The van der Waals surface area contributed by atoms with E-state index in [4.69, 9.17) is 32.7 Å². The van der Waals surface area contributed by atoms with Crippen molar-refractivity contribution >= 4 is 45.4 Å². The number of thiophene rings is 1. The Balaban J connectivity index is 1.95. The Kier molecular flexibility index (Phi) is 3.14. The monoisotopic (exact) mass is 338 g/mol. The van der Waals surface area contributed by atoms with Gasteiger partial charge in [0.1, 0.15) is 18.4 Å². The highest BCUT2D eigenvalue weighted by atomic mass is 35.5. The first-order valence-electron chi connectivity index (χ1n) is 6.22. The summed E-state index contributed by atoms with van der Waals surface area (Å²) >= 11 is 13.9. The Morgan fingerprint density at radius 1 is 1.05 bits per heavy atom. The Hall–Kier alpha value is -1.56. The molecule has 0 N–H and O–H groups in total.